The number of carbonyl (C=O) groups excluding carboxylic acids is 1. The topological polar surface area (TPSA) is 72.7 Å². The molecule has 7 heteroatoms. The average molecular weight is 416 g/mol. The first-order valence-corrected chi connectivity index (χ1v) is 10.5. The van der Waals surface area contributed by atoms with E-state index in [1.54, 1.807) is 4.68 Å². The summed E-state index contributed by atoms with van der Waals surface area (Å²) >= 11 is 1.32. The normalized spacial score (nSPS) is 11.8. The predicted molar refractivity (Wildman–Crippen MR) is 120 cm³/mol. The van der Waals surface area contributed by atoms with Crippen molar-refractivity contribution in [3.8, 4) is 16.8 Å². The minimum Gasteiger partial charge on any atom is -0.325 e. The third-order valence-electron chi connectivity index (χ3n) is 4.64. The van der Waals surface area contributed by atoms with Crippen molar-refractivity contribution in [1.29, 1.82) is 0 Å². The van der Waals surface area contributed by atoms with Crippen molar-refractivity contribution in [1.82, 2.24) is 20.2 Å². The molecule has 1 amide bonds. The number of tetrazole rings is 1. The third-order valence-corrected chi connectivity index (χ3v) is 5.67. The number of aryl methyl sites for hydroxylation is 1. The van der Waals surface area contributed by atoms with Gasteiger partial charge in [-0.05, 0) is 48.0 Å². The van der Waals surface area contributed by atoms with E-state index in [0.717, 1.165) is 28.1 Å². The van der Waals surface area contributed by atoms with Crippen LogP contribution >= 0.6 is 11.8 Å². The van der Waals surface area contributed by atoms with Gasteiger partial charge in [0.05, 0.1) is 10.9 Å². The monoisotopic (exact) mass is 415 g/mol. The quantitative estimate of drug-likeness (QED) is 0.460. The van der Waals surface area contributed by atoms with Crippen molar-refractivity contribution in [3.63, 3.8) is 0 Å². The number of hydrogen-bond donors (Lipinski definition) is 1. The highest BCUT2D eigenvalue weighted by Crippen LogP contribution is 2.29. The molecule has 0 aliphatic rings. The average Bonchev–Trinajstić information content (AvgIpc) is 3.23. The molecule has 4 rings (SSSR count). The molecule has 0 saturated heterocycles. The van der Waals surface area contributed by atoms with Crippen molar-refractivity contribution >= 4 is 23.4 Å². The molecule has 0 fully saturated rings. The van der Waals surface area contributed by atoms with E-state index in [0.29, 0.717) is 5.16 Å². The van der Waals surface area contributed by atoms with Gasteiger partial charge in [0.2, 0.25) is 11.1 Å². The van der Waals surface area contributed by atoms with Crippen LogP contribution in [-0.2, 0) is 4.79 Å². The lowest BCUT2D eigenvalue weighted by molar-refractivity contribution is -0.115. The Bertz CT molecular complexity index is 1140. The number of anilines is 1. The highest BCUT2D eigenvalue weighted by Gasteiger charge is 2.20. The number of amides is 1. The number of benzene rings is 3. The van der Waals surface area contributed by atoms with Gasteiger partial charge >= 0.3 is 0 Å². The molecule has 0 bridgehead atoms. The van der Waals surface area contributed by atoms with Gasteiger partial charge in [0.15, 0.2) is 0 Å². The SMILES string of the molecule is Cc1ccc(-n2nnnc2S[C@H](C)C(=O)Nc2ccccc2-c2ccccc2)cc1. The molecule has 30 heavy (non-hydrogen) atoms. The molecule has 0 saturated carbocycles. The van der Waals surface area contributed by atoms with Gasteiger partial charge < -0.3 is 5.32 Å². The standard InChI is InChI=1S/C23H21N5OS/c1-16-12-14-19(15-13-16)28-23(25-26-27-28)30-17(2)22(29)24-21-11-7-6-10-20(21)18-8-4-3-5-9-18/h3-15,17H,1-2H3,(H,24,29)/t17-/m1/s1. The van der Waals surface area contributed by atoms with E-state index in [9.17, 15) is 4.79 Å². The van der Waals surface area contributed by atoms with Crippen molar-refractivity contribution in [3.05, 3.63) is 84.4 Å². The summed E-state index contributed by atoms with van der Waals surface area (Å²) in [6.07, 6.45) is 0. The second-order valence-corrected chi connectivity index (χ2v) is 8.18. The molecule has 150 valence electrons. The summed E-state index contributed by atoms with van der Waals surface area (Å²) in [5.41, 5.74) is 4.82. The minimum absolute atomic E-state index is 0.109. The zero-order valence-electron chi connectivity index (χ0n) is 16.7. The lowest BCUT2D eigenvalue weighted by Crippen LogP contribution is -2.23. The van der Waals surface area contributed by atoms with Crippen molar-refractivity contribution in [2.45, 2.75) is 24.3 Å². The summed E-state index contributed by atoms with van der Waals surface area (Å²) in [6.45, 7) is 3.87. The van der Waals surface area contributed by atoms with Crippen LogP contribution in [0.2, 0.25) is 0 Å². The maximum atomic E-state index is 12.9. The fourth-order valence-corrected chi connectivity index (χ4v) is 3.82. The Labute approximate surface area is 179 Å². The summed E-state index contributed by atoms with van der Waals surface area (Å²) < 4.78 is 1.64. The number of hydrogen-bond acceptors (Lipinski definition) is 5. The summed E-state index contributed by atoms with van der Waals surface area (Å²) in [5.74, 6) is -0.109. The first kappa shape index (κ1) is 19.8. The maximum absolute atomic E-state index is 12.9. The summed E-state index contributed by atoms with van der Waals surface area (Å²) in [6, 6.07) is 25.7. The maximum Gasteiger partial charge on any atom is 0.237 e. The first-order valence-electron chi connectivity index (χ1n) is 9.59. The Morgan fingerprint density at radius 2 is 1.67 bits per heavy atom. The summed E-state index contributed by atoms with van der Waals surface area (Å²) in [4.78, 5) is 12.9. The van der Waals surface area contributed by atoms with Gasteiger partial charge in [-0.3, -0.25) is 4.79 Å². The van der Waals surface area contributed by atoms with Crippen LogP contribution in [0, 0.1) is 6.92 Å². The number of nitrogens with zero attached hydrogens (tertiary/aromatic N) is 4. The lowest BCUT2D eigenvalue weighted by atomic mass is 10.0. The van der Waals surface area contributed by atoms with Crippen molar-refractivity contribution < 1.29 is 4.79 Å². The van der Waals surface area contributed by atoms with Crippen LogP contribution in [0.25, 0.3) is 16.8 Å². The number of nitrogens with one attached hydrogen (secondary N) is 1. The second kappa shape index (κ2) is 8.92. The van der Waals surface area contributed by atoms with Crippen LogP contribution in [0.15, 0.2) is 84.0 Å². The smallest absolute Gasteiger partial charge is 0.237 e. The Balaban J connectivity index is 1.50. The minimum atomic E-state index is -0.385. The molecule has 0 aliphatic heterocycles. The molecule has 1 atom stereocenters. The Kier molecular flexibility index (Phi) is 5.90. The molecule has 1 aromatic heterocycles. The molecule has 0 unspecified atom stereocenters. The van der Waals surface area contributed by atoms with Crippen molar-refractivity contribution in [2.24, 2.45) is 0 Å². The molecular weight excluding hydrogens is 394 g/mol. The second-order valence-electron chi connectivity index (χ2n) is 6.87. The predicted octanol–water partition coefficient (Wildman–Crippen LogP) is 4.76. The first-order chi connectivity index (χ1) is 14.6. The molecule has 0 spiro atoms. The number of para-hydroxylation sites is 1. The molecule has 1 heterocycles. The van der Waals surface area contributed by atoms with Gasteiger partial charge in [-0.1, -0.05) is 78.0 Å². The highest BCUT2D eigenvalue weighted by molar-refractivity contribution is 8.00. The van der Waals surface area contributed by atoms with E-state index in [4.69, 9.17) is 0 Å². The van der Waals surface area contributed by atoms with E-state index in [-0.39, 0.29) is 11.2 Å². The number of aromatic nitrogens is 4. The zero-order chi connectivity index (χ0) is 20.9. The number of carbonyl (C=O) groups is 1. The van der Waals surface area contributed by atoms with Gasteiger partial charge in [0, 0.05) is 11.3 Å². The van der Waals surface area contributed by atoms with Crippen LogP contribution in [0.4, 0.5) is 5.69 Å². The van der Waals surface area contributed by atoms with Crippen LogP contribution < -0.4 is 5.32 Å². The van der Waals surface area contributed by atoms with E-state index < -0.39 is 0 Å². The van der Waals surface area contributed by atoms with Gasteiger partial charge in [-0.25, -0.2) is 0 Å². The van der Waals surface area contributed by atoms with Crippen LogP contribution in [0.3, 0.4) is 0 Å². The fourth-order valence-electron chi connectivity index (χ4n) is 3.01. The summed E-state index contributed by atoms with van der Waals surface area (Å²) in [5, 5.41) is 15.2. The molecule has 6 nitrogen and oxygen atoms in total. The van der Waals surface area contributed by atoms with Gasteiger partial charge in [0.25, 0.3) is 0 Å². The lowest BCUT2D eigenvalue weighted by Gasteiger charge is -2.15. The Morgan fingerprint density at radius 3 is 2.43 bits per heavy atom. The van der Waals surface area contributed by atoms with Gasteiger partial charge in [0.1, 0.15) is 0 Å². The van der Waals surface area contributed by atoms with E-state index in [2.05, 4.69) is 20.8 Å². The van der Waals surface area contributed by atoms with E-state index in [1.807, 2.05) is 92.7 Å². The molecule has 3 aromatic carbocycles. The molecule has 0 aliphatic carbocycles. The number of thioether (sulfide) groups is 1. The Morgan fingerprint density at radius 1 is 0.967 bits per heavy atom. The van der Waals surface area contributed by atoms with Crippen molar-refractivity contribution in [2.75, 3.05) is 5.32 Å². The van der Waals surface area contributed by atoms with E-state index in [1.165, 1.54) is 11.8 Å². The summed E-state index contributed by atoms with van der Waals surface area (Å²) in [7, 11) is 0. The van der Waals surface area contributed by atoms with E-state index >= 15 is 0 Å². The third kappa shape index (κ3) is 4.41. The largest absolute Gasteiger partial charge is 0.325 e. The van der Waals surface area contributed by atoms with Crippen LogP contribution in [-0.4, -0.2) is 31.4 Å². The fraction of sp³-hybridized carbons (Fsp3) is 0.130. The van der Waals surface area contributed by atoms with Crippen LogP contribution in [0.5, 0.6) is 0 Å². The zero-order valence-corrected chi connectivity index (χ0v) is 17.5. The molecule has 1 N–H and O–H groups in total. The molecular formula is C23H21N5OS. The number of rotatable bonds is 6. The highest BCUT2D eigenvalue weighted by atomic mass is 32.2. The molecule has 0 radical (unpaired) electrons. The van der Waals surface area contributed by atoms with Crippen LogP contribution in [0.1, 0.15) is 12.5 Å². The van der Waals surface area contributed by atoms with Gasteiger partial charge in [-0.15, -0.1) is 5.10 Å². The Hall–Kier alpha value is -3.45. The molecule has 4 aromatic rings. The van der Waals surface area contributed by atoms with Gasteiger partial charge in [-0.2, -0.15) is 4.68 Å².